The molecule has 21 heavy (non-hydrogen) atoms. The molecule has 2 nitrogen and oxygen atoms in total. The van der Waals surface area contributed by atoms with Gasteiger partial charge in [0.25, 0.3) is 0 Å². The van der Waals surface area contributed by atoms with Crippen LogP contribution in [0, 0.1) is 5.92 Å². The molecular formula is C19H26N2. The van der Waals surface area contributed by atoms with Crippen molar-refractivity contribution in [2.75, 3.05) is 18.0 Å². The number of anilines is 1. The van der Waals surface area contributed by atoms with E-state index in [-0.39, 0.29) is 0 Å². The van der Waals surface area contributed by atoms with Crippen molar-refractivity contribution < 1.29 is 0 Å². The number of benzene rings is 2. The molecule has 1 saturated heterocycles. The van der Waals surface area contributed by atoms with E-state index < -0.39 is 0 Å². The minimum absolute atomic E-state index is 0.541. The average Bonchev–Trinajstić information content (AvgIpc) is 2.48. The molecule has 2 aromatic carbocycles. The minimum Gasteiger partial charge on any atom is -0.365 e. The van der Waals surface area contributed by atoms with E-state index >= 15 is 0 Å². The first-order valence-electron chi connectivity index (χ1n) is 8.13. The second kappa shape index (κ2) is 6.07. The fourth-order valence-electron chi connectivity index (χ4n) is 3.45. The van der Waals surface area contributed by atoms with Gasteiger partial charge in [-0.3, -0.25) is 0 Å². The molecule has 1 aliphatic heterocycles. The first-order valence-corrected chi connectivity index (χ1v) is 8.13. The second-order valence-corrected chi connectivity index (χ2v) is 6.73. The SMILES string of the molecule is CC(C)CC1CN(c2cccc3ccccc23)C(C)CN1. The summed E-state index contributed by atoms with van der Waals surface area (Å²) in [5.41, 5.74) is 1.39. The monoisotopic (exact) mass is 282 g/mol. The van der Waals surface area contributed by atoms with Gasteiger partial charge in [0, 0.05) is 36.2 Å². The van der Waals surface area contributed by atoms with Crippen LogP contribution in [-0.2, 0) is 0 Å². The Kier molecular flexibility index (Phi) is 4.16. The Morgan fingerprint density at radius 2 is 1.90 bits per heavy atom. The fraction of sp³-hybridized carbons (Fsp3) is 0.474. The largest absolute Gasteiger partial charge is 0.365 e. The van der Waals surface area contributed by atoms with Crippen LogP contribution in [0.25, 0.3) is 10.8 Å². The van der Waals surface area contributed by atoms with E-state index in [2.05, 4.69) is 73.5 Å². The van der Waals surface area contributed by atoms with E-state index in [1.807, 2.05) is 0 Å². The van der Waals surface area contributed by atoms with Crippen molar-refractivity contribution in [1.29, 1.82) is 0 Å². The highest BCUT2D eigenvalue weighted by molar-refractivity contribution is 5.94. The Morgan fingerprint density at radius 3 is 2.71 bits per heavy atom. The normalized spacial score (nSPS) is 23.0. The highest BCUT2D eigenvalue weighted by atomic mass is 15.2. The van der Waals surface area contributed by atoms with Gasteiger partial charge in [0.15, 0.2) is 0 Å². The Labute approximate surface area is 128 Å². The Hall–Kier alpha value is -1.54. The van der Waals surface area contributed by atoms with E-state index in [1.54, 1.807) is 0 Å². The lowest BCUT2D eigenvalue weighted by Crippen LogP contribution is -2.56. The van der Waals surface area contributed by atoms with Crippen molar-refractivity contribution >= 4 is 16.5 Å². The number of fused-ring (bicyclic) bond motifs is 1. The molecule has 2 atom stereocenters. The zero-order valence-corrected chi connectivity index (χ0v) is 13.3. The lowest BCUT2D eigenvalue weighted by atomic mass is 9.98. The standard InChI is InChI=1S/C19H26N2/c1-14(2)11-17-13-21(15(3)12-20-17)19-10-6-8-16-7-4-5-9-18(16)19/h4-10,14-15,17,20H,11-13H2,1-3H3. The maximum atomic E-state index is 3.71. The van der Waals surface area contributed by atoms with Crippen molar-refractivity contribution in [2.45, 2.75) is 39.3 Å². The molecule has 3 rings (SSSR count). The summed E-state index contributed by atoms with van der Waals surface area (Å²) < 4.78 is 0. The lowest BCUT2D eigenvalue weighted by Gasteiger charge is -2.41. The van der Waals surface area contributed by atoms with Crippen LogP contribution in [0.1, 0.15) is 27.2 Å². The van der Waals surface area contributed by atoms with E-state index in [0.29, 0.717) is 12.1 Å². The predicted octanol–water partition coefficient (Wildman–Crippen LogP) is 4.05. The maximum Gasteiger partial charge on any atom is 0.0449 e. The van der Waals surface area contributed by atoms with Gasteiger partial charge in [-0.1, -0.05) is 50.2 Å². The molecule has 0 aliphatic carbocycles. The zero-order chi connectivity index (χ0) is 14.8. The van der Waals surface area contributed by atoms with E-state index in [4.69, 9.17) is 0 Å². The second-order valence-electron chi connectivity index (χ2n) is 6.73. The van der Waals surface area contributed by atoms with E-state index in [1.165, 1.54) is 22.9 Å². The Morgan fingerprint density at radius 1 is 1.14 bits per heavy atom. The number of nitrogens with one attached hydrogen (secondary N) is 1. The summed E-state index contributed by atoms with van der Waals surface area (Å²) in [6.45, 7) is 9.11. The average molecular weight is 282 g/mol. The summed E-state index contributed by atoms with van der Waals surface area (Å²) in [5, 5.41) is 6.41. The van der Waals surface area contributed by atoms with Crippen LogP contribution in [0.15, 0.2) is 42.5 Å². The summed E-state index contributed by atoms with van der Waals surface area (Å²) in [6, 6.07) is 16.5. The van der Waals surface area contributed by atoms with Crippen molar-refractivity contribution in [1.82, 2.24) is 5.32 Å². The van der Waals surface area contributed by atoms with Gasteiger partial charge in [-0.25, -0.2) is 0 Å². The Balaban J connectivity index is 1.92. The van der Waals surface area contributed by atoms with Gasteiger partial charge in [0.2, 0.25) is 0 Å². The van der Waals surface area contributed by atoms with E-state index in [9.17, 15) is 0 Å². The lowest BCUT2D eigenvalue weighted by molar-refractivity contribution is 0.356. The van der Waals surface area contributed by atoms with Crippen LogP contribution in [0.5, 0.6) is 0 Å². The molecule has 2 aromatic rings. The summed E-state index contributed by atoms with van der Waals surface area (Å²) in [4.78, 5) is 2.59. The molecule has 0 bridgehead atoms. The summed E-state index contributed by atoms with van der Waals surface area (Å²) >= 11 is 0. The maximum absolute atomic E-state index is 3.71. The van der Waals surface area contributed by atoms with Gasteiger partial charge < -0.3 is 10.2 Å². The zero-order valence-electron chi connectivity index (χ0n) is 13.3. The summed E-state index contributed by atoms with van der Waals surface area (Å²) in [7, 11) is 0. The molecule has 1 fully saturated rings. The molecule has 0 saturated carbocycles. The number of rotatable bonds is 3. The molecule has 1 aliphatic rings. The van der Waals surface area contributed by atoms with Crippen LogP contribution in [0.4, 0.5) is 5.69 Å². The van der Waals surface area contributed by atoms with Gasteiger partial charge in [0.1, 0.15) is 0 Å². The third-order valence-electron chi connectivity index (χ3n) is 4.48. The molecule has 2 unspecified atom stereocenters. The third kappa shape index (κ3) is 3.06. The van der Waals surface area contributed by atoms with Gasteiger partial charge in [0.05, 0.1) is 0 Å². The van der Waals surface area contributed by atoms with Crippen LogP contribution in [-0.4, -0.2) is 25.2 Å². The molecule has 0 aromatic heterocycles. The third-order valence-corrected chi connectivity index (χ3v) is 4.48. The summed E-state index contributed by atoms with van der Waals surface area (Å²) in [5.74, 6) is 0.741. The first-order chi connectivity index (χ1) is 10.1. The van der Waals surface area contributed by atoms with Gasteiger partial charge in [-0.05, 0) is 30.7 Å². The van der Waals surface area contributed by atoms with Crippen LogP contribution < -0.4 is 10.2 Å². The molecule has 1 heterocycles. The topological polar surface area (TPSA) is 15.3 Å². The smallest absolute Gasteiger partial charge is 0.0449 e. The molecule has 1 N–H and O–H groups in total. The number of hydrogen-bond acceptors (Lipinski definition) is 2. The van der Waals surface area contributed by atoms with Gasteiger partial charge >= 0.3 is 0 Å². The highest BCUT2D eigenvalue weighted by Crippen LogP contribution is 2.29. The molecule has 0 amide bonds. The van der Waals surface area contributed by atoms with Crippen LogP contribution in [0.3, 0.4) is 0 Å². The molecule has 112 valence electrons. The quantitative estimate of drug-likeness (QED) is 0.913. The first kappa shape index (κ1) is 14.4. The number of hydrogen-bond donors (Lipinski definition) is 1. The number of piperazine rings is 1. The van der Waals surface area contributed by atoms with E-state index in [0.717, 1.165) is 19.0 Å². The van der Waals surface area contributed by atoms with Crippen molar-refractivity contribution in [3.8, 4) is 0 Å². The van der Waals surface area contributed by atoms with Crippen LogP contribution >= 0.6 is 0 Å². The van der Waals surface area contributed by atoms with Gasteiger partial charge in [-0.15, -0.1) is 0 Å². The fourth-order valence-corrected chi connectivity index (χ4v) is 3.45. The molecule has 0 spiro atoms. The summed E-state index contributed by atoms with van der Waals surface area (Å²) in [6.07, 6.45) is 1.24. The number of nitrogens with zero attached hydrogens (tertiary/aromatic N) is 1. The molecule has 0 radical (unpaired) electrons. The predicted molar refractivity (Wildman–Crippen MR) is 92.0 cm³/mol. The van der Waals surface area contributed by atoms with Crippen molar-refractivity contribution in [3.05, 3.63) is 42.5 Å². The van der Waals surface area contributed by atoms with Crippen molar-refractivity contribution in [3.63, 3.8) is 0 Å². The van der Waals surface area contributed by atoms with Crippen LogP contribution in [0.2, 0.25) is 0 Å². The van der Waals surface area contributed by atoms with Crippen molar-refractivity contribution in [2.24, 2.45) is 5.92 Å². The van der Waals surface area contributed by atoms with Gasteiger partial charge in [-0.2, -0.15) is 0 Å². The minimum atomic E-state index is 0.541. The molecular weight excluding hydrogens is 256 g/mol. The highest BCUT2D eigenvalue weighted by Gasteiger charge is 2.26. The Bertz CT molecular complexity index is 600. The molecule has 2 heteroatoms.